The molecule has 1 aromatic heterocycles. The van der Waals surface area contributed by atoms with E-state index in [1.54, 1.807) is 12.1 Å². The van der Waals surface area contributed by atoms with Crippen molar-refractivity contribution in [2.24, 2.45) is 0 Å². The van der Waals surface area contributed by atoms with Gasteiger partial charge in [-0.3, -0.25) is 0 Å². The molecule has 0 unspecified atom stereocenters. The summed E-state index contributed by atoms with van der Waals surface area (Å²) in [7, 11) is 5.42. The third-order valence-corrected chi connectivity index (χ3v) is 6.88. The second kappa shape index (κ2) is 14.9. The zero-order valence-electron chi connectivity index (χ0n) is 22.7. The summed E-state index contributed by atoms with van der Waals surface area (Å²) in [6.07, 6.45) is -5.48. The molecule has 0 aliphatic heterocycles. The molecule has 0 saturated carbocycles. The monoisotopic (exact) mass is 582 g/mol. The molecule has 0 bridgehead atoms. The van der Waals surface area contributed by atoms with Crippen LogP contribution < -0.4 is 20.7 Å². The van der Waals surface area contributed by atoms with Gasteiger partial charge in [0.2, 0.25) is 0 Å². The molecule has 0 fully saturated rings. The molecule has 3 aromatic rings. The Morgan fingerprint density at radius 3 is 2.50 bits per heavy atom. The lowest BCUT2D eigenvalue weighted by molar-refractivity contribution is -0.126. The number of thiophene rings is 1. The summed E-state index contributed by atoms with van der Waals surface area (Å²) in [4.78, 5) is 2.35. The summed E-state index contributed by atoms with van der Waals surface area (Å²) in [6, 6.07) is 7.98. The zero-order chi connectivity index (χ0) is 29.1. The van der Waals surface area contributed by atoms with Gasteiger partial charge in [0, 0.05) is 38.9 Å². The van der Waals surface area contributed by atoms with E-state index in [9.17, 15) is 17.6 Å². The first-order valence-corrected chi connectivity index (χ1v) is 13.5. The molecule has 218 valence electrons. The molecule has 0 atom stereocenters. The van der Waals surface area contributed by atoms with E-state index in [2.05, 4.69) is 27.8 Å². The first-order chi connectivity index (χ1) is 19.1. The predicted molar refractivity (Wildman–Crippen MR) is 153 cm³/mol. The summed E-state index contributed by atoms with van der Waals surface area (Å²) in [5.74, 6) is 5.56. The van der Waals surface area contributed by atoms with E-state index in [4.69, 9.17) is 14.6 Å². The molecule has 4 N–H and O–H groups in total. The zero-order valence-corrected chi connectivity index (χ0v) is 23.5. The lowest BCUT2D eigenvalue weighted by Crippen LogP contribution is -2.20. The molecule has 2 aromatic carbocycles. The SMILES string of the molecule is COCCOc1cc(NCCO)c(F)cc1NCC#Cc1sc2c(NCCN(C)C)cccc2c1CC(F)(F)F. The van der Waals surface area contributed by atoms with E-state index < -0.39 is 18.4 Å². The third-order valence-electron chi connectivity index (χ3n) is 5.68. The van der Waals surface area contributed by atoms with Gasteiger partial charge in [0.05, 0.1) is 52.8 Å². The number of methoxy groups -OCH3 is 1. The predicted octanol–water partition coefficient (Wildman–Crippen LogP) is 5.01. The minimum absolute atomic E-state index is 0.0388. The van der Waals surface area contributed by atoms with Crippen LogP contribution in [0.15, 0.2) is 30.3 Å². The van der Waals surface area contributed by atoms with Crippen LogP contribution in [0.4, 0.5) is 34.6 Å². The smallest absolute Gasteiger partial charge is 0.393 e. The molecule has 12 heteroatoms. The van der Waals surface area contributed by atoms with Crippen molar-refractivity contribution in [2.45, 2.75) is 12.6 Å². The average molecular weight is 583 g/mol. The van der Waals surface area contributed by atoms with Crippen LogP contribution in [0.25, 0.3) is 10.1 Å². The van der Waals surface area contributed by atoms with Crippen molar-refractivity contribution in [3.63, 3.8) is 0 Å². The van der Waals surface area contributed by atoms with Gasteiger partial charge in [-0.05, 0) is 31.1 Å². The highest BCUT2D eigenvalue weighted by Gasteiger charge is 2.31. The van der Waals surface area contributed by atoms with Gasteiger partial charge in [-0.1, -0.05) is 24.0 Å². The van der Waals surface area contributed by atoms with Crippen molar-refractivity contribution in [1.29, 1.82) is 0 Å². The fourth-order valence-electron chi connectivity index (χ4n) is 3.84. The fraction of sp³-hybridized carbons (Fsp3) is 0.429. The molecule has 0 saturated heterocycles. The van der Waals surface area contributed by atoms with Crippen LogP contribution >= 0.6 is 11.3 Å². The standard InChI is InChI=1S/C28H34F4N4O3S/c1-36(2)12-10-34-22-7-4-6-19-20(18-28(30,31)32)26(40-27(19)22)8-5-9-33-24-16-21(29)23(35-11-13-37)17-25(24)39-15-14-38-3/h4,6-7,16-17,33-35,37H,9-15,18H2,1-3H3. The molecule has 1 heterocycles. The van der Waals surface area contributed by atoms with Crippen molar-refractivity contribution in [3.05, 3.63) is 46.6 Å². The summed E-state index contributed by atoms with van der Waals surface area (Å²) >= 11 is 1.22. The maximum atomic E-state index is 14.6. The van der Waals surface area contributed by atoms with Gasteiger partial charge >= 0.3 is 6.18 Å². The topological polar surface area (TPSA) is 78.0 Å². The number of nitrogens with zero attached hydrogens (tertiary/aromatic N) is 1. The Balaban J connectivity index is 1.86. The van der Waals surface area contributed by atoms with Crippen molar-refractivity contribution < 1.29 is 32.1 Å². The number of benzene rings is 2. The summed E-state index contributed by atoms with van der Waals surface area (Å²) in [6.45, 7) is 1.98. The number of aliphatic hydroxyl groups excluding tert-OH is 1. The van der Waals surface area contributed by atoms with E-state index in [1.807, 2.05) is 25.1 Å². The van der Waals surface area contributed by atoms with Crippen LogP contribution in [0.2, 0.25) is 0 Å². The Kier molecular flexibility index (Phi) is 11.7. The molecule has 0 spiro atoms. The van der Waals surface area contributed by atoms with Crippen LogP contribution in [0.3, 0.4) is 0 Å². The molecule has 7 nitrogen and oxygen atoms in total. The number of fused-ring (bicyclic) bond motifs is 1. The second-order valence-electron chi connectivity index (χ2n) is 9.09. The third kappa shape index (κ3) is 9.16. The summed E-state index contributed by atoms with van der Waals surface area (Å²) in [5.41, 5.74) is 1.40. The first-order valence-electron chi connectivity index (χ1n) is 12.7. The molecule has 40 heavy (non-hydrogen) atoms. The van der Waals surface area contributed by atoms with Gasteiger partial charge in [0.1, 0.15) is 18.2 Å². The minimum atomic E-state index is -4.39. The maximum absolute atomic E-state index is 14.6. The number of ether oxygens (including phenoxy) is 2. The van der Waals surface area contributed by atoms with E-state index >= 15 is 0 Å². The second-order valence-corrected chi connectivity index (χ2v) is 10.1. The lowest BCUT2D eigenvalue weighted by Gasteiger charge is -2.15. The van der Waals surface area contributed by atoms with Gasteiger partial charge < -0.3 is 35.4 Å². The normalized spacial score (nSPS) is 11.4. The minimum Gasteiger partial charge on any atom is -0.489 e. The fourth-order valence-corrected chi connectivity index (χ4v) is 5.02. The van der Waals surface area contributed by atoms with Gasteiger partial charge in [-0.25, -0.2) is 4.39 Å². The average Bonchev–Trinajstić information content (AvgIpc) is 3.23. The summed E-state index contributed by atoms with van der Waals surface area (Å²) < 4.78 is 66.5. The van der Waals surface area contributed by atoms with Crippen molar-refractivity contribution in [1.82, 2.24) is 4.90 Å². The van der Waals surface area contributed by atoms with Crippen molar-refractivity contribution in [2.75, 3.05) is 83.2 Å². The Labute approximate surface area is 235 Å². The highest BCUT2D eigenvalue weighted by atomic mass is 32.1. The number of hydrogen-bond donors (Lipinski definition) is 4. The van der Waals surface area contributed by atoms with Gasteiger partial charge in [-0.2, -0.15) is 13.2 Å². The number of hydrogen-bond acceptors (Lipinski definition) is 8. The van der Waals surface area contributed by atoms with Gasteiger partial charge in [0.25, 0.3) is 0 Å². The quantitative estimate of drug-likeness (QED) is 0.121. The Morgan fingerprint density at radius 1 is 1.02 bits per heavy atom. The molecule has 3 rings (SSSR count). The molecule has 0 amide bonds. The van der Waals surface area contributed by atoms with Crippen LogP contribution in [0.1, 0.15) is 10.4 Å². The number of rotatable bonds is 14. The molecule has 0 aliphatic rings. The first kappa shape index (κ1) is 31.3. The number of nitrogens with one attached hydrogen (secondary N) is 3. The van der Waals surface area contributed by atoms with Crippen molar-refractivity contribution >= 4 is 38.5 Å². The van der Waals surface area contributed by atoms with E-state index in [0.29, 0.717) is 34.9 Å². The molecule has 0 radical (unpaired) electrons. The number of alkyl halides is 3. The van der Waals surface area contributed by atoms with Crippen LogP contribution in [-0.4, -0.2) is 83.4 Å². The van der Waals surface area contributed by atoms with E-state index in [0.717, 1.165) is 16.9 Å². The Bertz CT molecular complexity index is 1320. The lowest BCUT2D eigenvalue weighted by atomic mass is 10.1. The van der Waals surface area contributed by atoms with Crippen molar-refractivity contribution in [3.8, 4) is 17.6 Å². The van der Waals surface area contributed by atoms with Crippen LogP contribution in [0, 0.1) is 17.7 Å². The number of halogens is 4. The highest BCUT2D eigenvalue weighted by molar-refractivity contribution is 7.20. The maximum Gasteiger partial charge on any atom is 0.393 e. The Hall–Kier alpha value is -3.24. The van der Waals surface area contributed by atoms with Gasteiger partial charge in [-0.15, -0.1) is 11.3 Å². The van der Waals surface area contributed by atoms with Crippen LogP contribution in [0.5, 0.6) is 5.75 Å². The number of aliphatic hydroxyl groups is 1. The molecular weight excluding hydrogens is 548 g/mol. The van der Waals surface area contributed by atoms with Crippen LogP contribution in [-0.2, 0) is 11.2 Å². The van der Waals surface area contributed by atoms with E-state index in [1.165, 1.54) is 30.6 Å². The largest absolute Gasteiger partial charge is 0.489 e. The summed E-state index contributed by atoms with van der Waals surface area (Å²) in [5, 5.41) is 18.6. The Morgan fingerprint density at radius 2 is 1.80 bits per heavy atom. The van der Waals surface area contributed by atoms with E-state index in [-0.39, 0.29) is 37.6 Å². The molecule has 0 aliphatic carbocycles. The number of anilines is 3. The highest BCUT2D eigenvalue weighted by Crippen LogP contribution is 2.39. The molecular formula is C28H34F4N4O3S. The van der Waals surface area contributed by atoms with Gasteiger partial charge in [0.15, 0.2) is 0 Å². The number of likely N-dealkylation sites (N-methyl/N-ethyl adjacent to an activating group) is 1.